The molecule has 0 aliphatic heterocycles. The summed E-state index contributed by atoms with van der Waals surface area (Å²) in [5.74, 6) is 0. The van der Waals surface area contributed by atoms with Crippen molar-refractivity contribution in [3.05, 3.63) is 34.4 Å². The lowest BCUT2D eigenvalue weighted by Crippen LogP contribution is -2.19. The second kappa shape index (κ2) is 6.33. The molecule has 0 aromatic heterocycles. The molecule has 0 atom stereocenters. The van der Waals surface area contributed by atoms with E-state index < -0.39 is 0 Å². The van der Waals surface area contributed by atoms with Crippen LogP contribution in [0.2, 0.25) is 0 Å². The van der Waals surface area contributed by atoms with Gasteiger partial charge in [0.25, 0.3) is 0 Å². The van der Waals surface area contributed by atoms with E-state index in [4.69, 9.17) is 0 Å². The summed E-state index contributed by atoms with van der Waals surface area (Å²) < 4.78 is 0. The first-order chi connectivity index (χ1) is 9.07. The highest BCUT2D eigenvalue weighted by atomic mass is 14.3. The molecule has 114 valence electrons. The minimum absolute atomic E-state index is 0.229. The Balaban J connectivity index is 3.29. The summed E-state index contributed by atoms with van der Waals surface area (Å²) in [5.41, 5.74) is 6.57. The summed E-state index contributed by atoms with van der Waals surface area (Å²) in [5, 5.41) is 0. The first-order valence-electron chi connectivity index (χ1n) is 8.22. The lowest BCUT2D eigenvalue weighted by atomic mass is 9.76. The van der Waals surface area contributed by atoms with Crippen LogP contribution in [0.25, 0.3) is 0 Å². The van der Waals surface area contributed by atoms with Crippen molar-refractivity contribution < 1.29 is 0 Å². The van der Waals surface area contributed by atoms with Gasteiger partial charge in [-0.25, -0.2) is 0 Å². The third kappa shape index (κ3) is 4.36. The van der Waals surface area contributed by atoms with E-state index >= 15 is 0 Å². The Morgan fingerprint density at radius 2 is 1.45 bits per heavy atom. The van der Waals surface area contributed by atoms with Crippen molar-refractivity contribution in [1.82, 2.24) is 0 Å². The summed E-state index contributed by atoms with van der Waals surface area (Å²) in [7, 11) is 0. The van der Waals surface area contributed by atoms with Crippen LogP contribution in [0.3, 0.4) is 0 Å². The van der Waals surface area contributed by atoms with Crippen LogP contribution >= 0.6 is 0 Å². The highest BCUT2D eigenvalue weighted by Crippen LogP contribution is 2.34. The van der Waals surface area contributed by atoms with Gasteiger partial charge >= 0.3 is 0 Å². The van der Waals surface area contributed by atoms with Crippen LogP contribution in [0.1, 0.15) is 90.0 Å². The summed E-state index contributed by atoms with van der Waals surface area (Å²) in [4.78, 5) is 0. The predicted octanol–water partition coefficient (Wildman–Crippen LogP) is 6.32. The van der Waals surface area contributed by atoms with Crippen LogP contribution in [0.5, 0.6) is 0 Å². The van der Waals surface area contributed by atoms with Gasteiger partial charge in [0.2, 0.25) is 0 Å². The average molecular weight is 274 g/mol. The Kier molecular flexibility index (Phi) is 5.46. The Morgan fingerprint density at radius 3 is 1.90 bits per heavy atom. The summed E-state index contributed by atoms with van der Waals surface area (Å²) in [6.07, 6.45) is 5.18. The van der Waals surface area contributed by atoms with Crippen LogP contribution in [0.4, 0.5) is 0 Å². The van der Waals surface area contributed by atoms with Crippen molar-refractivity contribution in [3.63, 3.8) is 0 Å². The number of hydrogen-bond donors (Lipinski definition) is 0. The fourth-order valence-electron chi connectivity index (χ4n) is 2.80. The van der Waals surface area contributed by atoms with Gasteiger partial charge in [0.1, 0.15) is 0 Å². The van der Waals surface area contributed by atoms with Crippen LogP contribution in [0.15, 0.2) is 12.1 Å². The lowest BCUT2D eigenvalue weighted by molar-refractivity contribution is 0.559. The summed E-state index contributed by atoms with van der Waals surface area (Å²) in [6, 6.07) is 4.88. The van der Waals surface area contributed by atoms with E-state index in [1.54, 1.807) is 11.1 Å². The standard InChI is InChI=1S/C20H34/c1-9-10-11-12-17-15(2)13-16(19(3,4)5)14-18(17)20(6,7)8/h13-14H,9-12H2,1-8H3. The van der Waals surface area contributed by atoms with Gasteiger partial charge in [0, 0.05) is 0 Å². The average Bonchev–Trinajstić information content (AvgIpc) is 2.28. The van der Waals surface area contributed by atoms with Gasteiger partial charge in [-0.2, -0.15) is 0 Å². The molecule has 0 unspecified atom stereocenters. The maximum absolute atomic E-state index is 2.47. The highest BCUT2D eigenvalue weighted by Gasteiger charge is 2.23. The van der Waals surface area contributed by atoms with Crippen molar-refractivity contribution in [3.8, 4) is 0 Å². The van der Waals surface area contributed by atoms with E-state index in [2.05, 4.69) is 67.5 Å². The number of rotatable bonds is 4. The molecule has 0 aliphatic rings. The Labute approximate surface area is 127 Å². The maximum Gasteiger partial charge on any atom is -0.0129 e. The lowest BCUT2D eigenvalue weighted by Gasteiger charge is -2.29. The highest BCUT2D eigenvalue weighted by molar-refractivity contribution is 5.44. The van der Waals surface area contributed by atoms with Crippen LogP contribution in [0, 0.1) is 6.92 Å². The zero-order chi connectivity index (χ0) is 15.6. The fraction of sp³-hybridized carbons (Fsp3) is 0.700. The molecule has 0 spiro atoms. The number of unbranched alkanes of at least 4 members (excludes halogenated alkanes) is 2. The number of hydrogen-bond acceptors (Lipinski definition) is 0. The van der Waals surface area contributed by atoms with Gasteiger partial charge in [-0.1, -0.05) is 73.4 Å². The molecule has 0 nitrogen and oxygen atoms in total. The molecule has 0 bridgehead atoms. The van der Waals surface area contributed by atoms with E-state index in [1.807, 2.05) is 0 Å². The minimum Gasteiger partial charge on any atom is -0.0654 e. The first kappa shape index (κ1) is 17.3. The SMILES string of the molecule is CCCCCc1c(C)cc(C(C)(C)C)cc1C(C)(C)C. The molecule has 0 aliphatic carbocycles. The molecule has 1 rings (SSSR count). The normalized spacial score (nSPS) is 12.8. The number of aryl methyl sites for hydroxylation is 1. The van der Waals surface area contributed by atoms with E-state index in [1.165, 1.54) is 36.8 Å². The van der Waals surface area contributed by atoms with E-state index in [9.17, 15) is 0 Å². The quantitative estimate of drug-likeness (QED) is 0.563. The monoisotopic (exact) mass is 274 g/mol. The summed E-state index contributed by atoms with van der Waals surface area (Å²) in [6.45, 7) is 18.5. The van der Waals surface area contributed by atoms with Gasteiger partial charge in [0.05, 0.1) is 0 Å². The fourth-order valence-corrected chi connectivity index (χ4v) is 2.80. The molecule has 1 aromatic carbocycles. The smallest absolute Gasteiger partial charge is 0.0129 e. The van der Waals surface area contributed by atoms with Gasteiger partial charge in [-0.05, 0) is 52.8 Å². The molecule has 0 radical (unpaired) electrons. The Bertz CT molecular complexity index is 438. The van der Waals surface area contributed by atoms with Crippen LogP contribution in [-0.2, 0) is 17.3 Å². The van der Waals surface area contributed by atoms with E-state index in [0.717, 1.165) is 0 Å². The topological polar surface area (TPSA) is 0 Å². The molecule has 0 saturated heterocycles. The van der Waals surface area contributed by atoms with Crippen molar-refractivity contribution in [2.45, 2.75) is 91.9 Å². The molecule has 0 heterocycles. The van der Waals surface area contributed by atoms with Crippen molar-refractivity contribution in [2.24, 2.45) is 0 Å². The maximum atomic E-state index is 2.47. The largest absolute Gasteiger partial charge is 0.0654 e. The number of benzene rings is 1. The van der Waals surface area contributed by atoms with E-state index in [-0.39, 0.29) is 10.8 Å². The predicted molar refractivity (Wildman–Crippen MR) is 91.8 cm³/mol. The third-order valence-electron chi connectivity index (χ3n) is 4.18. The Hall–Kier alpha value is -0.780. The molecule has 0 saturated carbocycles. The zero-order valence-corrected chi connectivity index (χ0v) is 15.0. The van der Waals surface area contributed by atoms with Gasteiger partial charge in [-0.15, -0.1) is 0 Å². The molecule has 1 aromatic rings. The second-order valence-electron chi connectivity index (χ2n) is 8.28. The van der Waals surface area contributed by atoms with Crippen molar-refractivity contribution >= 4 is 0 Å². The molecular formula is C20H34. The molecule has 20 heavy (non-hydrogen) atoms. The molecule has 0 heteroatoms. The van der Waals surface area contributed by atoms with E-state index in [0.29, 0.717) is 0 Å². The molecular weight excluding hydrogens is 240 g/mol. The van der Waals surface area contributed by atoms with Gasteiger partial charge in [-0.3, -0.25) is 0 Å². The van der Waals surface area contributed by atoms with Gasteiger partial charge in [0.15, 0.2) is 0 Å². The first-order valence-corrected chi connectivity index (χ1v) is 8.22. The van der Waals surface area contributed by atoms with Gasteiger partial charge < -0.3 is 0 Å². The molecule has 0 amide bonds. The summed E-state index contributed by atoms with van der Waals surface area (Å²) >= 11 is 0. The molecule has 0 fully saturated rings. The third-order valence-corrected chi connectivity index (χ3v) is 4.18. The molecule has 0 N–H and O–H groups in total. The van der Waals surface area contributed by atoms with Crippen LogP contribution in [-0.4, -0.2) is 0 Å². The zero-order valence-electron chi connectivity index (χ0n) is 15.0. The van der Waals surface area contributed by atoms with Crippen molar-refractivity contribution in [2.75, 3.05) is 0 Å². The Morgan fingerprint density at radius 1 is 0.850 bits per heavy atom. The van der Waals surface area contributed by atoms with Crippen molar-refractivity contribution in [1.29, 1.82) is 0 Å². The second-order valence-corrected chi connectivity index (χ2v) is 8.28. The van der Waals surface area contributed by atoms with Crippen LogP contribution < -0.4 is 0 Å². The minimum atomic E-state index is 0.229.